The summed E-state index contributed by atoms with van der Waals surface area (Å²) in [5.41, 5.74) is 0.496. The third kappa shape index (κ3) is 3.14. The molecule has 17 heavy (non-hydrogen) atoms. The molecule has 0 aromatic carbocycles. The molecule has 1 N–H and O–H groups in total. The van der Waals surface area contributed by atoms with Gasteiger partial charge < -0.3 is 5.32 Å². The number of nitrogens with zero attached hydrogens (tertiary/aromatic N) is 2. The molecule has 0 unspecified atom stereocenters. The molecule has 1 aliphatic rings. The second-order valence-electron chi connectivity index (χ2n) is 4.67. The summed E-state index contributed by atoms with van der Waals surface area (Å²) in [6.07, 6.45) is 9.33. The van der Waals surface area contributed by atoms with Gasteiger partial charge in [-0.05, 0) is 19.3 Å². The van der Waals surface area contributed by atoms with Crippen LogP contribution in [0.15, 0.2) is 6.33 Å². The minimum Gasteiger partial charge on any atom is -0.365 e. The van der Waals surface area contributed by atoms with E-state index in [-0.39, 0.29) is 5.82 Å². The van der Waals surface area contributed by atoms with Gasteiger partial charge in [0.2, 0.25) is 0 Å². The summed E-state index contributed by atoms with van der Waals surface area (Å²) in [4.78, 5) is 7.96. The van der Waals surface area contributed by atoms with Crippen LogP contribution in [0.2, 0.25) is 0 Å². The SMILES string of the molecule is CCc1ncnc(NC2CCCCCC2)c1F. The Morgan fingerprint density at radius 1 is 1.24 bits per heavy atom. The fourth-order valence-electron chi connectivity index (χ4n) is 2.37. The number of aryl methyl sites for hydroxylation is 1. The molecule has 4 heteroatoms. The molecule has 0 amide bonds. The van der Waals surface area contributed by atoms with Crippen molar-refractivity contribution in [2.24, 2.45) is 0 Å². The number of halogens is 1. The maximum Gasteiger partial charge on any atom is 0.186 e. The molecule has 3 nitrogen and oxygen atoms in total. The Kier molecular flexibility index (Phi) is 4.29. The zero-order valence-corrected chi connectivity index (χ0v) is 10.4. The molecule has 1 heterocycles. The zero-order valence-electron chi connectivity index (χ0n) is 10.4. The van der Waals surface area contributed by atoms with Crippen LogP contribution in [0.3, 0.4) is 0 Å². The summed E-state index contributed by atoms with van der Waals surface area (Å²) in [6.45, 7) is 1.90. The standard InChI is InChI=1S/C13H20FN3/c1-2-11-12(14)13(16-9-15-11)17-10-7-5-3-4-6-8-10/h9-10H,2-8H2,1H3,(H,15,16,17). The van der Waals surface area contributed by atoms with Crippen LogP contribution in [0, 0.1) is 5.82 Å². The maximum atomic E-state index is 13.9. The van der Waals surface area contributed by atoms with Gasteiger partial charge in [-0.15, -0.1) is 0 Å². The molecule has 1 saturated carbocycles. The Bertz CT molecular complexity index is 360. The summed E-state index contributed by atoms with van der Waals surface area (Å²) in [7, 11) is 0. The van der Waals surface area contributed by atoms with Crippen molar-refractivity contribution in [1.82, 2.24) is 9.97 Å². The van der Waals surface area contributed by atoms with Crippen LogP contribution in [0.4, 0.5) is 10.2 Å². The van der Waals surface area contributed by atoms with Crippen LogP contribution >= 0.6 is 0 Å². The van der Waals surface area contributed by atoms with Crippen molar-refractivity contribution in [3.63, 3.8) is 0 Å². The zero-order chi connectivity index (χ0) is 12.1. The molecule has 2 rings (SSSR count). The van der Waals surface area contributed by atoms with Gasteiger partial charge in [0, 0.05) is 6.04 Å². The molecular formula is C13H20FN3. The van der Waals surface area contributed by atoms with Crippen LogP contribution < -0.4 is 5.32 Å². The summed E-state index contributed by atoms with van der Waals surface area (Å²) in [6, 6.07) is 0.367. The lowest BCUT2D eigenvalue weighted by Crippen LogP contribution is -2.20. The van der Waals surface area contributed by atoms with Gasteiger partial charge in [-0.25, -0.2) is 14.4 Å². The van der Waals surface area contributed by atoms with Crippen molar-refractivity contribution in [3.8, 4) is 0 Å². The molecule has 1 aromatic heterocycles. The molecule has 0 spiro atoms. The number of nitrogens with one attached hydrogen (secondary N) is 1. The van der Waals surface area contributed by atoms with Gasteiger partial charge >= 0.3 is 0 Å². The molecule has 94 valence electrons. The second-order valence-corrected chi connectivity index (χ2v) is 4.67. The van der Waals surface area contributed by atoms with Gasteiger partial charge in [-0.1, -0.05) is 32.6 Å². The molecule has 0 atom stereocenters. The Labute approximate surface area is 102 Å². The van der Waals surface area contributed by atoms with Crippen LogP contribution in [0.5, 0.6) is 0 Å². The van der Waals surface area contributed by atoms with Crippen molar-refractivity contribution in [2.75, 3.05) is 5.32 Å². The Morgan fingerprint density at radius 3 is 2.59 bits per heavy atom. The van der Waals surface area contributed by atoms with E-state index in [9.17, 15) is 4.39 Å². The van der Waals surface area contributed by atoms with Crippen molar-refractivity contribution >= 4 is 5.82 Å². The van der Waals surface area contributed by atoms with Crippen LogP contribution in [-0.4, -0.2) is 16.0 Å². The summed E-state index contributed by atoms with van der Waals surface area (Å²) in [5, 5.41) is 3.24. The van der Waals surface area contributed by atoms with E-state index in [0.717, 1.165) is 12.8 Å². The quantitative estimate of drug-likeness (QED) is 0.819. The average Bonchev–Trinajstić information content (AvgIpc) is 2.60. The van der Waals surface area contributed by atoms with Gasteiger partial charge in [0.15, 0.2) is 11.6 Å². The maximum absolute atomic E-state index is 13.9. The van der Waals surface area contributed by atoms with Gasteiger partial charge in [-0.2, -0.15) is 0 Å². The van der Waals surface area contributed by atoms with Gasteiger partial charge in [-0.3, -0.25) is 0 Å². The van der Waals surface area contributed by atoms with E-state index in [1.54, 1.807) is 0 Å². The lowest BCUT2D eigenvalue weighted by molar-refractivity contribution is 0.575. The van der Waals surface area contributed by atoms with Gasteiger partial charge in [0.25, 0.3) is 0 Å². The Hall–Kier alpha value is -1.19. The van der Waals surface area contributed by atoms with Gasteiger partial charge in [0.1, 0.15) is 6.33 Å². The highest BCUT2D eigenvalue weighted by Crippen LogP contribution is 2.22. The highest BCUT2D eigenvalue weighted by atomic mass is 19.1. The monoisotopic (exact) mass is 237 g/mol. The fourth-order valence-corrected chi connectivity index (χ4v) is 2.37. The van der Waals surface area contributed by atoms with Crippen LogP contribution in [-0.2, 0) is 6.42 Å². The van der Waals surface area contributed by atoms with E-state index in [0.29, 0.717) is 24.0 Å². The first kappa shape index (κ1) is 12.3. The Balaban J connectivity index is 2.06. The summed E-state index contributed by atoms with van der Waals surface area (Å²) < 4.78 is 13.9. The molecule has 1 aliphatic carbocycles. The molecule has 0 aliphatic heterocycles. The lowest BCUT2D eigenvalue weighted by Gasteiger charge is -2.17. The molecule has 0 radical (unpaired) electrons. The Morgan fingerprint density at radius 2 is 1.94 bits per heavy atom. The van der Waals surface area contributed by atoms with Crippen molar-refractivity contribution in [3.05, 3.63) is 17.8 Å². The number of hydrogen-bond donors (Lipinski definition) is 1. The molecule has 1 aromatic rings. The first-order chi connectivity index (χ1) is 8.31. The van der Waals surface area contributed by atoms with E-state index in [1.807, 2.05) is 6.92 Å². The highest BCUT2D eigenvalue weighted by Gasteiger charge is 2.16. The lowest BCUT2D eigenvalue weighted by atomic mass is 10.1. The number of anilines is 1. The summed E-state index contributed by atoms with van der Waals surface area (Å²) >= 11 is 0. The molecule has 1 fully saturated rings. The average molecular weight is 237 g/mol. The van der Waals surface area contributed by atoms with Crippen LogP contribution in [0.25, 0.3) is 0 Å². The van der Waals surface area contributed by atoms with Crippen molar-refractivity contribution in [1.29, 1.82) is 0 Å². The molecular weight excluding hydrogens is 217 g/mol. The topological polar surface area (TPSA) is 37.8 Å². The largest absolute Gasteiger partial charge is 0.365 e. The van der Waals surface area contributed by atoms with E-state index in [1.165, 1.54) is 32.0 Å². The van der Waals surface area contributed by atoms with Gasteiger partial charge in [0.05, 0.1) is 5.69 Å². The first-order valence-electron chi connectivity index (χ1n) is 6.57. The number of aromatic nitrogens is 2. The van der Waals surface area contributed by atoms with Crippen LogP contribution in [0.1, 0.15) is 51.1 Å². The van der Waals surface area contributed by atoms with E-state index >= 15 is 0 Å². The fraction of sp³-hybridized carbons (Fsp3) is 0.692. The minimum atomic E-state index is -0.278. The molecule has 0 bridgehead atoms. The minimum absolute atomic E-state index is 0.278. The highest BCUT2D eigenvalue weighted by molar-refractivity contribution is 5.38. The second kappa shape index (κ2) is 5.94. The summed E-state index contributed by atoms with van der Waals surface area (Å²) in [5.74, 6) is 0.1000. The number of hydrogen-bond acceptors (Lipinski definition) is 3. The van der Waals surface area contributed by atoms with E-state index in [4.69, 9.17) is 0 Å². The number of rotatable bonds is 3. The normalized spacial score (nSPS) is 17.8. The molecule has 0 saturated heterocycles. The third-order valence-corrected chi connectivity index (χ3v) is 3.39. The predicted molar refractivity (Wildman–Crippen MR) is 66.5 cm³/mol. The first-order valence-corrected chi connectivity index (χ1v) is 6.57. The van der Waals surface area contributed by atoms with E-state index in [2.05, 4.69) is 15.3 Å². The predicted octanol–water partition coefficient (Wildman–Crippen LogP) is 3.31. The van der Waals surface area contributed by atoms with Crippen molar-refractivity contribution < 1.29 is 4.39 Å². The van der Waals surface area contributed by atoms with Crippen molar-refractivity contribution in [2.45, 2.75) is 57.9 Å². The third-order valence-electron chi connectivity index (χ3n) is 3.39. The smallest absolute Gasteiger partial charge is 0.186 e. The van der Waals surface area contributed by atoms with E-state index < -0.39 is 0 Å².